The zero-order chi connectivity index (χ0) is 10.1. The molecule has 1 N–H and O–H groups in total. The summed E-state index contributed by atoms with van der Waals surface area (Å²) in [4.78, 5) is 4.36. The molecule has 0 saturated carbocycles. The number of nitrogens with zero attached hydrogens (tertiary/aromatic N) is 1. The van der Waals surface area contributed by atoms with Gasteiger partial charge in [-0.1, -0.05) is 26.0 Å². The average molecular weight is 178 g/mol. The normalized spacial score (nSPS) is 17.2. The van der Waals surface area contributed by atoms with Crippen molar-refractivity contribution in [1.29, 1.82) is 0 Å². The predicted octanol–water partition coefficient (Wildman–Crippen LogP) is 2.49. The van der Waals surface area contributed by atoms with Gasteiger partial charge in [-0.15, -0.1) is 0 Å². The Labute approximate surface area is 80.4 Å². The van der Waals surface area contributed by atoms with Crippen molar-refractivity contribution in [2.45, 2.75) is 27.7 Å². The predicted molar refractivity (Wildman–Crippen MR) is 57.8 cm³/mol. The van der Waals surface area contributed by atoms with Crippen molar-refractivity contribution >= 4 is 5.84 Å². The Morgan fingerprint density at radius 1 is 1.62 bits per heavy atom. The molecule has 2 heteroatoms. The topological polar surface area (TPSA) is 24.4 Å². The number of allylic oxidation sites excluding steroid dienone is 1. The Morgan fingerprint density at radius 3 is 2.62 bits per heavy atom. The van der Waals surface area contributed by atoms with E-state index in [2.05, 4.69) is 43.9 Å². The first-order valence-electron chi connectivity index (χ1n) is 4.57. The molecule has 0 aromatic heterocycles. The van der Waals surface area contributed by atoms with E-state index in [0.717, 1.165) is 12.4 Å². The van der Waals surface area contributed by atoms with Crippen LogP contribution in [0.3, 0.4) is 0 Å². The van der Waals surface area contributed by atoms with E-state index in [1.807, 2.05) is 6.92 Å². The molecule has 72 valence electrons. The van der Waals surface area contributed by atoms with Crippen LogP contribution in [0, 0.1) is 5.41 Å². The Balaban J connectivity index is 2.81. The quantitative estimate of drug-likeness (QED) is 0.645. The van der Waals surface area contributed by atoms with Gasteiger partial charge in [0.1, 0.15) is 0 Å². The molecule has 0 aromatic carbocycles. The molecular formula is C11H18N2. The highest BCUT2D eigenvalue weighted by Crippen LogP contribution is 2.33. The maximum atomic E-state index is 4.36. The number of hydrogen-bond acceptors (Lipinski definition) is 2. The number of nitrogens with one attached hydrogen (secondary N) is 1. The molecule has 0 unspecified atom stereocenters. The minimum absolute atomic E-state index is 0.0528. The van der Waals surface area contributed by atoms with E-state index in [1.54, 1.807) is 0 Å². The van der Waals surface area contributed by atoms with Crippen molar-refractivity contribution in [3.8, 4) is 0 Å². The summed E-state index contributed by atoms with van der Waals surface area (Å²) < 4.78 is 0. The number of amidine groups is 1. The van der Waals surface area contributed by atoms with Crippen LogP contribution in [0.4, 0.5) is 0 Å². The minimum atomic E-state index is 0.0528. The third kappa shape index (κ3) is 2.00. The molecule has 1 rings (SSSR count). The van der Waals surface area contributed by atoms with E-state index < -0.39 is 0 Å². The molecule has 0 atom stereocenters. The molecule has 0 bridgehead atoms. The Hall–Kier alpha value is -1.05. The van der Waals surface area contributed by atoms with Crippen LogP contribution < -0.4 is 5.32 Å². The van der Waals surface area contributed by atoms with Crippen LogP contribution in [-0.4, -0.2) is 12.4 Å². The molecule has 0 saturated heterocycles. The Morgan fingerprint density at radius 2 is 2.23 bits per heavy atom. The van der Waals surface area contributed by atoms with Gasteiger partial charge in [0, 0.05) is 11.6 Å². The van der Waals surface area contributed by atoms with E-state index in [9.17, 15) is 0 Å². The summed E-state index contributed by atoms with van der Waals surface area (Å²) in [7, 11) is 0. The zero-order valence-corrected chi connectivity index (χ0v) is 8.94. The monoisotopic (exact) mass is 178 g/mol. The molecular weight excluding hydrogens is 160 g/mol. The lowest BCUT2D eigenvalue weighted by atomic mass is 9.78. The van der Waals surface area contributed by atoms with E-state index in [4.69, 9.17) is 0 Å². The Bertz CT molecular complexity index is 282. The van der Waals surface area contributed by atoms with Crippen LogP contribution >= 0.6 is 0 Å². The van der Waals surface area contributed by atoms with Gasteiger partial charge in [-0.25, -0.2) is 0 Å². The smallest absolute Gasteiger partial charge is 0.0975 e. The second kappa shape index (κ2) is 3.36. The minimum Gasteiger partial charge on any atom is -0.351 e. The fourth-order valence-corrected chi connectivity index (χ4v) is 1.14. The van der Waals surface area contributed by atoms with Crippen LogP contribution in [0.1, 0.15) is 27.7 Å². The summed E-state index contributed by atoms with van der Waals surface area (Å²) >= 11 is 0. The van der Waals surface area contributed by atoms with E-state index >= 15 is 0 Å². The van der Waals surface area contributed by atoms with Crippen molar-refractivity contribution in [2.75, 3.05) is 6.54 Å². The lowest BCUT2D eigenvalue weighted by Crippen LogP contribution is -2.27. The van der Waals surface area contributed by atoms with E-state index in [-0.39, 0.29) is 5.41 Å². The third-order valence-corrected chi connectivity index (χ3v) is 2.81. The maximum absolute atomic E-state index is 4.36. The average Bonchev–Trinajstić information content (AvgIpc) is 2.04. The highest BCUT2D eigenvalue weighted by molar-refractivity contribution is 5.81. The molecule has 0 radical (unpaired) electrons. The summed E-state index contributed by atoms with van der Waals surface area (Å²) in [6.45, 7) is 13.2. The summed E-state index contributed by atoms with van der Waals surface area (Å²) in [5.41, 5.74) is 2.53. The van der Waals surface area contributed by atoms with Gasteiger partial charge >= 0.3 is 0 Å². The van der Waals surface area contributed by atoms with Crippen LogP contribution in [-0.2, 0) is 0 Å². The summed E-state index contributed by atoms with van der Waals surface area (Å²) in [5, 5.41) is 3.14. The van der Waals surface area contributed by atoms with Crippen LogP contribution in [0.25, 0.3) is 0 Å². The lowest BCUT2D eigenvalue weighted by molar-refractivity contribution is 0.525. The van der Waals surface area contributed by atoms with Gasteiger partial charge in [0.2, 0.25) is 0 Å². The van der Waals surface area contributed by atoms with E-state index in [0.29, 0.717) is 0 Å². The number of rotatable bonds is 2. The van der Waals surface area contributed by atoms with Gasteiger partial charge < -0.3 is 5.32 Å². The van der Waals surface area contributed by atoms with Gasteiger partial charge in [-0.2, -0.15) is 0 Å². The second-order valence-electron chi connectivity index (χ2n) is 4.12. The summed E-state index contributed by atoms with van der Waals surface area (Å²) in [5.74, 6) is 0.987. The lowest BCUT2D eigenvalue weighted by Gasteiger charge is -2.29. The van der Waals surface area contributed by atoms with Crippen molar-refractivity contribution in [3.63, 3.8) is 0 Å². The molecule has 2 nitrogen and oxygen atoms in total. The summed E-state index contributed by atoms with van der Waals surface area (Å²) in [6, 6.07) is 0. The van der Waals surface area contributed by atoms with Crippen molar-refractivity contribution in [2.24, 2.45) is 10.4 Å². The van der Waals surface area contributed by atoms with Gasteiger partial charge in [0.15, 0.2) is 0 Å². The largest absolute Gasteiger partial charge is 0.351 e. The van der Waals surface area contributed by atoms with Crippen LogP contribution in [0.5, 0.6) is 0 Å². The first kappa shape index (κ1) is 10.0. The first-order chi connectivity index (χ1) is 5.94. The number of aliphatic imine (C=N–C) groups is 1. The molecule has 0 aliphatic carbocycles. The van der Waals surface area contributed by atoms with Crippen molar-refractivity contribution in [3.05, 3.63) is 23.9 Å². The standard InChI is InChI=1S/C11H18N2/c1-8(2)11(4,5)10-6-12-9(3)13-7-10/h6H,1,7H2,2-5H3,(H,12,13). The van der Waals surface area contributed by atoms with Gasteiger partial charge in [0.05, 0.1) is 12.4 Å². The summed E-state index contributed by atoms with van der Waals surface area (Å²) in [6.07, 6.45) is 2.05. The van der Waals surface area contributed by atoms with E-state index in [1.165, 1.54) is 11.1 Å². The Kier molecular flexibility index (Phi) is 2.60. The van der Waals surface area contributed by atoms with Gasteiger partial charge in [0.25, 0.3) is 0 Å². The molecule has 1 aliphatic heterocycles. The highest BCUT2D eigenvalue weighted by Gasteiger charge is 2.24. The SMILES string of the molecule is C=C(C)C(C)(C)C1=CNC(C)=NC1. The third-order valence-electron chi connectivity index (χ3n) is 2.81. The van der Waals surface area contributed by atoms with Crippen LogP contribution in [0.15, 0.2) is 28.9 Å². The van der Waals surface area contributed by atoms with Crippen molar-refractivity contribution in [1.82, 2.24) is 5.32 Å². The van der Waals surface area contributed by atoms with Crippen molar-refractivity contribution < 1.29 is 0 Å². The molecule has 13 heavy (non-hydrogen) atoms. The number of hydrogen-bond donors (Lipinski definition) is 1. The molecule has 0 spiro atoms. The fourth-order valence-electron chi connectivity index (χ4n) is 1.14. The molecule has 0 amide bonds. The molecule has 0 fully saturated rings. The van der Waals surface area contributed by atoms with Gasteiger partial charge in [-0.05, 0) is 19.4 Å². The maximum Gasteiger partial charge on any atom is 0.0975 e. The molecule has 1 aliphatic rings. The van der Waals surface area contributed by atoms with Crippen LogP contribution in [0.2, 0.25) is 0 Å². The fraction of sp³-hybridized carbons (Fsp3) is 0.545. The molecule has 1 heterocycles. The first-order valence-corrected chi connectivity index (χ1v) is 4.57. The zero-order valence-electron chi connectivity index (χ0n) is 8.94. The highest BCUT2D eigenvalue weighted by atomic mass is 15.0. The second-order valence-corrected chi connectivity index (χ2v) is 4.12. The molecule has 0 aromatic rings. The van der Waals surface area contributed by atoms with Gasteiger partial charge in [-0.3, -0.25) is 4.99 Å².